The summed E-state index contributed by atoms with van der Waals surface area (Å²) in [5.41, 5.74) is 1.57. The van der Waals surface area contributed by atoms with Crippen LogP contribution in [0.2, 0.25) is 0 Å². The zero-order valence-electron chi connectivity index (χ0n) is 13.3. The van der Waals surface area contributed by atoms with Crippen molar-refractivity contribution < 1.29 is 14.3 Å². The number of carbonyl (C=O) groups is 1. The van der Waals surface area contributed by atoms with Crippen LogP contribution >= 0.6 is 0 Å². The van der Waals surface area contributed by atoms with E-state index in [1.165, 1.54) is 12.8 Å². The van der Waals surface area contributed by atoms with E-state index in [0.717, 1.165) is 29.9 Å². The highest BCUT2D eigenvalue weighted by molar-refractivity contribution is 5.99. The summed E-state index contributed by atoms with van der Waals surface area (Å²) in [4.78, 5) is 12.6. The van der Waals surface area contributed by atoms with E-state index in [1.54, 1.807) is 7.11 Å². The minimum Gasteiger partial charge on any atom is -0.497 e. The van der Waals surface area contributed by atoms with E-state index < -0.39 is 0 Å². The molecule has 2 bridgehead atoms. The van der Waals surface area contributed by atoms with Gasteiger partial charge < -0.3 is 20.1 Å². The average molecular weight is 314 g/mol. The molecule has 2 fully saturated rings. The van der Waals surface area contributed by atoms with Crippen molar-refractivity contribution in [1.82, 2.24) is 10.6 Å². The van der Waals surface area contributed by atoms with Crippen LogP contribution in [0.5, 0.6) is 11.5 Å². The first-order valence-electron chi connectivity index (χ1n) is 8.29. The number of fused-ring (bicyclic) bond motifs is 3. The second-order valence-electron chi connectivity index (χ2n) is 6.64. The highest BCUT2D eigenvalue weighted by atomic mass is 16.5. The van der Waals surface area contributed by atoms with E-state index in [9.17, 15) is 4.79 Å². The molecule has 2 saturated heterocycles. The number of carbonyl (C=O) groups excluding carboxylic acids is 1. The third-order valence-electron chi connectivity index (χ3n) is 5.03. The maximum atomic E-state index is 12.6. The summed E-state index contributed by atoms with van der Waals surface area (Å²) in [6.45, 7) is 0.322. The molecule has 2 N–H and O–H groups in total. The van der Waals surface area contributed by atoms with Gasteiger partial charge in [0.05, 0.1) is 12.7 Å². The Bertz CT molecular complexity index is 644. The van der Waals surface area contributed by atoms with Crippen molar-refractivity contribution in [3.8, 4) is 11.5 Å². The highest BCUT2D eigenvalue weighted by Gasteiger charge is 2.34. The summed E-state index contributed by atoms with van der Waals surface area (Å²) < 4.78 is 10.9. The lowest BCUT2D eigenvalue weighted by Crippen LogP contribution is -2.48. The summed E-state index contributed by atoms with van der Waals surface area (Å²) >= 11 is 0. The first kappa shape index (κ1) is 14.6. The van der Waals surface area contributed by atoms with Gasteiger partial charge in [0.25, 0.3) is 5.91 Å². The highest BCUT2D eigenvalue weighted by Crippen LogP contribution is 2.31. The lowest BCUT2D eigenvalue weighted by Gasteiger charge is -2.30. The van der Waals surface area contributed by atoms with Gasteiger partial charge in [0.2, 0.25) is 0 Å². The number of ether oxygens (including phenoxy) is 2. The number of amides is 1. The van der Waals surface area contributed by atoms with Crippen LogP contribution in [0.3, 0.4) is 0 Å². The van der Waals surface area contributed by atoms with E-state index in [2.05, 4.69) is 10.6 Å². The fourth-order valence-corrected chi connectivity index (χ4v) is 3.87. The minimum atomic E-state index is -0.00947. The summed E-state index contributed by atoms with van der Waals surface area (Å²) in [6, 6.07) is 7.05. The fourth-order valence-electron chi connectivity index (χ4n) is 3.87. The van der Waals surface area contributed by atoms with Gasteiger partial charge in [-0.25, -0.2) is 0 Å². The Kier molecular flexibility index (Phi) is 3.73. The molecule has 1 aromatic carbocycles. The number of hydrogen-bond donors (Lipinski definition) is 2. The van der Waals surface area contributed by atoms with Gasteiger partial charge in [0, 0.05) is 23.7 Å². The molecule has 3 aliphatic rings. The lowest BCUT2D eigenvalue weighted by atomic mass is 9.99. The molecule has 1 amide bonds. The molecule has 0 saturated carbocycles. The third-order valence-corrected chi connectivity index (χ3v) is 5.03. The van der Waals surface area contributed by atoms with Gasteiger partial charge in [-0.05, 0) is 50.0 Å². The minimum absolute atomic E-state index is 0.00947. The molecule has 4 rings (SSSR count). The van der Waals surface area contributed by atoms with Crippen molar-refractivity contribution >= 4 is 12.0 Å². The standard InChI is InChI=1S/C18H22N2O3/c1-22-16-4-5-17-11(7-16)6-12(10-23-17)18(21)20-15-8-13-2-3-14(9-15)19-13/h4-7,13-15,19H,2-3,8-10H2,1H3,(H,20,21). The average Bonchev–Trinajstić information content (AvgIpc) is 2.92. The van der Waals surface area contributed by atoms with Crippen molar-refractivity contribution in [1.29, 1.82) is 0 Å². The number of rotatable bonds is 3. The summed E-state index contributed by atoms with van der Waals surface area (Å²) in [6.07, 6.45) is 6.43. The first-order chi connectivity index (χ1) is 11.2. The Hall–Kier alpha value is -2.01. The Balaban J connectivity index is 1.47. The lowest BCUT2D eigenvalue weighted by molar-refractivity contribution is -0.118. The number of nitrogens with one attached hydrogen (secondary N) is 2. The van der Waals surface area contributed by atoms with Gasteiger partial charge in [0.15, 0.2) is 0 Å². The molecular weight excluding hydrogens is 292 g/mol. The summed E-state index contributed by atoms with van der Waals surface area (Å²) in [5.74, 6) is 1.55. The molecule has 1 aromatic rings. The van der Waals surface area contributed by atoms with Crippen LogP contribution in [0.4, 0.5) is 0 Å². The molecule has 2 unspecified atom stereocenters. The van der Waals surface area contributed by atoms with Crippen molar-refractivity contribution in [3.63, 3.8) is 0 Å². The Morgan fingerprint density at radius 1 is 1.30 bits per heavy atom. The fraction of sp³-hybridized carbons (Fsp3) is 0.500. The van der Waals surface area contributed by atoms with Crippen molar-refractivity contribution in [2.24, 2.45) is 0 Å². The normalized spacial score (nSPS) is 28.4. The van der Waals surface area contributed by atoms with Gasteiger partial charge >= 0.3 is 0 Å². The number of benzene rings is 1. The van der Waals surface area contributed by atoms with Crippen molar-refractivity contribution in [2.45, 2.75) is 43.8 Å². The maximum absolute atomic E-state index is 12.6. The molecule has 3 aliphatic heterocycles. The zero-order chi connectivity index (χ0) is 15.8. The topological polar surface area (TPSA) is 59.6 Å². The Morgan fingerprint density at radius 2 is 2.09 bits per heavy atom. The SMILES string of the molecule is COc1ccc2c(c1)C=C(C(=O)NC1CC3CCC(C1)N3)CO2. The quantitative estimate of drug-likeness (QED) is 0.894. The Morgan fingerprint density at radius 3 is 2.83 bits per heavy atom. The second kappa shape index (κ2) is 5.89. The van der Waals surface area contributed by atoms with E-state index in [1.807, 2.05) is 24.3 Å². The van der Waals surface area contributed by atoms with Gasteiger partial charge in [-0.15, -0.1) is 0 Å². The molecule has 0 radical (unpaired) electrons. The van der Waals surface area contributed by atoms with Crippen LogP contribution in [0.15, 0.2) is 23.8 Å². The van der Waals surface area contributed by atoms with E-state index in [4.69, 9.17) is 9.47 Å². The van der Waals surface area contributed by atoms with Crippen LogP contribution in [0.25, 0.3) is 6.08 Å². The molecule has 5 heteroatoms. The smallest absolute Gasteiger partial charge is 0.250 e. The van der Waals surface area contributed by atoms with E-state index in [0.29, 0.717) is 24.3 Å². The molecule has 2 atom stereocenters. The van der Waals surface area contributed by atoms with Crippen LogP contribution in [-0.2, 0) is 4.79 Å². The summed E-state index contributed by atoms with van der Waals surface area (Å²) in [5, 5.41) is 6.78. The molecular formula is C18H22N2O3. The molecule has 0 aromatic heterocycles. The summed E-state index contributed by atoms with van der Waals surface area (Å²) in [7, 11) is 1.63. The predicted molar refractivity (Wildman–Crippen MR) is 87.6 cm³/mol. The van der Waals surface area contributed by atoms with E-state index >= 15 is 0 Å². The molecule has 5 nitrogen and oxygen atoms in total. The molecule has 23 heavy (non-hydrogen) atoms. The van der Waals surface area contributed by atoms with Gasteiger partial charge in [-0.2, -0.15) is 0 Å². The van der Waals surface area contributed by atoms with Crippen LogP contribution in [0, 0.1) is 0 Å². The maximum Gasteiger partial charge on any atom is 0.250 e. The number of piperidine rings is 1. The molecule has 3 heterocycles. The molecule has 0 spiro atoms. The zero-order valence-corrected chi connectivity index (χ0v) is 13.3. The first-order valence-corrected chi connectivity index (χ1v) is 8.29. The van der Waals surface area contributed by atoms with Crippen LogP contribution in [0.1, 0.15) is 31.2 Å². The van der Waals surface area contributed by atoms with Crippen molar-refractivity contribution in [2.75, 3.05) is 13.7 Å². The van der Waals surface area contributed by atoms with E-state index in [-0.39, 0.29) is 11.9 Å². The van der Waals surface area contributed by atoms with Gasteiger partial charge in [-0.3, -0.25) is 4.79 Å². The second-order valence-corrected chi connectivity index (χ2v) is 6.64. The van der Waals surface area contributed by atoms with Crippen molar-refractivity contribution in [3.05, 3.63) is 29.3 Å². The van der Waals surface area contributed by atoms with Gasteiger partial charge in [0.1, 0.15) is 18.1 Å². The Labute approximate surface area is 136 Å². The third kappa shape index (κ3) is 2.93. The van der Waals surface area contributed by atoms with Crippen LogP contribution in [-0.4, -0.2) is 37.7 Å². The number of hydrogen-bond acceptors (Lipinski definition) is 4. The largest absolute Gasteiger partial charge is 0.497 e. The molecule has 0 aliphatic carbocycles. The number of methoxy groups -OCH3 is 1. The monoisotopic (exact) mass is 314 g/mol. The predicted octanol–water partition coefficient (Wildman–Crippen LogP) is 1.87. The van der Waals surface area contributed by atoms with Gasteiger partial charge in [-0.1, -0.05) is 0 Å². The van der Waals surface area contributed by atoms with Crippen LogP contribution < -0.4 is 20.1 Å². The molecule has 122 valence electrons.